The van der Waals surface area contributed by atoms with E-state index in [0.29, 0.717) is 56.9 Å². The van der Waals surface area contributed by atoms with E-state index in [1.165, 1.54) is 7.11 Å². The molecule has 0 aromatic heterocycles. The van der Waals surface area contributed by atoms with Crippen molar-refractivity contribution in [3.05, 3.63) is 34.9 Å². The van der Waals surface area contributed by atoms with E-state index in [0.717, 1.165) is 43.7 Å². The van der Waals surface area contributed by atoms with Crippen LogP contribution in [0.4, 0.5) is 14.4 Å². The minimum absolute atomic E-state index is 0.0269. The van der Waals surface area contributed by atoms with Crippen LogP contribution in [0.15, 0.2) is 24.3 Å². The van der Waals surface area contributed by atoms with Crippen molar-refractivity contribution in [2.45, 2.75) is 69.9 Å². The van der Waals surface area contributed by atoms with E-state index >= 15 is 0 Å². The average molecular weight is 669 g/mol. The molecule has 0 unspecified atom stereocenters. The fourth-order valence-corrected chi connectivity index (χ4v) is 6.74. The topological polar surface area (TPSA) is 119 Å². The van der Waals surface area contributed by atoms with E-state index in [2.05, 4.69) is 35.0 Å². The van der Waals surface area contributed by atoms with Crippen molar-refractivity contribution < 1.29 is 33.3 Å². The maximum absolute atomic E-state index is 13.7. The van der Waals surface area contributed by atoms with Crippen LogP contribution in [0, 0.1) is 11.8 Å². The summed E-state index contributed by atoms with van der Waals surface area (Å²) in [4.78, 5) is 41.5. The third-order valence-corrected chi connectivity index (χ3v) is 10.3. The SMILES string of the molecule is COC(=O)NCCO[C@@H](c1cccc(Cl)c1)[C@@H]1CCCN(C(=O)N[C@@H](CC2CCOCC2)CN(C)C(=O)OCC[Si](C)(C)C)C1. The summed E-state index contributed by atoms with van der Waals surface area (Å²) in [6.45, 7) is 10.7. The summed E-state index contributed by atoms with van der Waals surface area (Å²) in [5.74, 6) is 0.438. The van der Waals surface area contributed by atoms with Crippen LogP contribution in [-0.2, 0) is 18.9 Å². The van der Waals surface area contributed by atoms with Crippen LogP contribution in [0.2, 0.25) is 30.7 Å². The zero-order valence-electron chi connectivity index (χ0n) is 27.6. The van der Waals surface area contributed by atoms with E-state index < -0.39 is 14.2 Å². The van der Waals surface area contributed by atoms with Crippen LogP contribution in [-0.4, -0.2) is 109 Å². The van der Waals surface area contributed by atoms with Gasteiger partial charge in [-0.25, -0.2) is 14.4 Å². The number of urea groups is 1. The number of amides is 4. The van der Waals surface area contributed by atoms with E-state index in [1.54, 1.807) is 11.9 Å². The van der Waals surface area contributed by atoms with Crippen LogP contribution in [0.25, 0.3) is 0 Å². The number of hydrogen-bond acceptors (Lipinski definition) is 7. The molecule has 45 heavy (non-hydrogen) atoms. The number of ether oxygens (including phenoxy) is 4. The molecular formula is C32H53ClN4O7Si. The fourth-order valence-electron chi connectivity index (χ4n) is 5.83. The molecule has 3 rings (SSSR count). The smallest absolute Gasteiger partial charge is 0.409 e. The van der Waals surface area contributed by atoms with Gasteiger partial charge in [-0.3, -0.25) is 0 Å². The number of piperidine rings is 1. The average Bonchev–Trinajstić information content (AvgIpc) is 3.00. The van der Waals surface area contributed by atoms with E-state index in [4.69, 9.17) is 25.8 Å². The number of likely N-dealkylation sites (tertiary alicyclic amines) is 1. The highest BCUT2D eigenvalue weighted by molar-refractivity contribution is 6.76. The van der Waals surface area contributed by atoms with Gasteiger partial charge < -0.3 is 39.4 Å². The Labute approximate surface area is 274 Å². The van der Waals surface area contributed by atoms with Crippen molar-refractivity contribution in [3.8, 4) is 0 Å². The lowest BCUT2D eigenvalue weighted by Crippen LogP contribution is -2.53. The zero-order valence-corrected chi connectivity index (χ0v) is 29.4. The molecule has 0 spiro atoms. The maximum atomic E-state index is 13.7. The normalized spacial score (nSPS) is 18.9. The number of carbonyl (C=O) groups is 3. The first kappa shape index (κ1) is 36.9. The van der Waals surface area contributed by atoms with E-state index in [9.17, 15) is 14.4 Å². The number of methoxy groups -OCH3 is 1. The Bertz CT molecular complexity index is 1090. The summed E-state index contributed by atoms with van der Waals surface area (Å²) >= 11 is 6.33. The fraction of sp³-hybridized carbons (Fsp3) is 0.719. The molecule has 254 valence electrons. The predicted octanol–water partition coefficient (Wildman–Crippen LogP) is 5.77. The standard InChI is InChI=1S/C32H53ClN4O7Si/c1-36(32(40)44-18-19-45(3,4)5)23-28(20-24-11-15-42-16-12-24)35-30(38)37-14-7-9-26(22-37)29(25-8-6-10-27(33)21-25)43-17-13-34-31(39)41-2/h6,8,10,21,24,26,28-29H,7,9,11-20,22-23H2,1-5H3,(H,34,39)(H,35,38)/t26-,28+,29+/m1/s1. The van der Waals surface area contributed by atoms with Crippen LogP contribution in [0.5, 0.6) is 0 Å². The molecule has 0 radical (unpaired) electrons. The number of benzene rings is 1. The number of carbonyl (C=O) groups excluding carboxylic acids is 3. The number of alkyl carbamates (subject to hydrolysis) is 1. The van der Waals surface area contributed by atoms with Gasteiger partial charge in [0.05, 0.1) is 26.4 Å². The summed E-state index contributed by atoms with van der Waals surface area (Å²) in [6, 6.07) is 8.12. The van der Waals surface area contributed by atoms with Crippen molar-refractivity contribution in [2.75, 3.05) is 66.8 Å². The highest BCUT2D eigenvalue weighted by atomic mass is 35.5. The van der Waals surface area contributed by atoms with Gasteiger partial charge in [-0.1, -0.05) is 43.4 Å². The van der Waals surface area contributed by atoms with Crippen LogP contribution >= 0.6 is 11.6 Å². The van der Waals surface area contributed by atoms with Gasteiger partial charge in [-0.15, -0.1) is 0 Å². The second-order valence-corrected chi connectivity index (χ2v) is 19.4. The largest absolute Gasteiger partial charge is 0.453 e. The minimum atomic E-state index is -1.32. The first-order chi connectivity index (χ1) is 21.4. The number of nitrogens with zero attached hydrogens (tertiary/aromatic N) is 2. The molecule has 2 fully saturated rings. The van der Waals surface area contributed by atoms with Crippen molar-refractivity contribution in [2.24, 2.45) is 11.8 Å². The summed E-state index contributed by atoms with van der Waals surface area (Å²) in [5.41, 5.74) is 0.930. The molecule has 2 aliphatic heterocycles. The van der Waals surface area contributed by atoms with Crippen LogP contribution in [0.3, 0.4) is 0 Å². The highest BCUT2D eigenvalue weighted by Crippen LogP contribution is 2.34. The lowest BCUT2D eigenvalue weighted by atomic mass is 9.88. The summed E-state index contributed by atoms with van der Waals surface area (Å²) < 4.78 is 22.1. The Hall–Kier alpha value is -2.54. The zero-order chi connectivity index (χ0) is 32.8. The number of hydrogen-bond donors (Lipinski definition) is 2. The van der Waals surface area contributed by atoms with Crippen molar-refractivity contribution in [1.29, 1.82) is 0 Å². The Kier molecular flexibility index (Phi) is 15.2. The number of nitrogens with one attached hydrogen (secondary N) is 2. The van der Waals surface area contributed by atoms with Crippen molar-refractivity contribution in [3.63, 3.8) is 0 Å². The Morgan fingerprint density at radius 3 is 2.60 bits per heavy atom. The van der Waals surface area contributed by atoms with E-state index in [-0.39, 0.29) is 36.8 Å². The lowest BCUT2D eigenvalue weighted by molar-refractivity contribution is -0.00876. The Morgan fingerprint density at radius 2 is 1.91 bits per heavy atom. The van der Waals surface area contributed by atoms with Gasteiger partial charge in [-0.2, -0.15) is 0 Å². The maximum Gasteiger partial charge on any atom is 0.409 e. The molecule has 2 saturated heterocycles. The van der Waals surface area contributed by atoms with Gasteiger partial charge in [0.2, 0.25) is 0 Å². The first-order valence-corrected chi connectivity index (χ1v) is 20.2. The lowest BCUT2D eigenvalue weighted by Gasteiger charge is -2.38. The third-order valence-electron chi connectivity index (χ3n) is 8.37. The van der Waals surface area contributed by atoms with Crippen LogP contribution in [0.1, 0.15) is 43.8 Å². The molecule has 0 aliphatic carbocycles. The predicted molar refractivity (Wildman–Crippen MR) is 177 cm³/mol. The van der Waals surface area contributed by atoms with Gasteiger partial charge in [-0.05, 0) is 61.8 Å². The van der Waals surface area contributed by atoms with Gasteiger partial charge in [0.15, 0.2) is 0 Å². The van der Waals surface area contributed by atoms with Crippen LogP contribution < -0.4 is 10.6 Å². The highest BCUT2D eigenvalue weighted by Gasteiger charge is 2.33. The number of likely N-dealkylation sites (N-methyl/N-ethyl adjacent to an activating group) is 1. The molecule has 0 bridgehead atoms. The van der Waals surface area contributed by atoms with Gasteiger partial charge in [0.1, 0.15) is 0 Å². The molecule has 1 aromatic carbocycles. The molecule has 0 saturated carbocycles. The molecule has 2 aliphatic rings. The molecule has 2 N–H and O–H groups in total. The molecule has 4 amide bonds. The molecule has 1 aromatic rings. The minimum Gasteiger partial charge on any atom is -0.453 e. The van der Waals surface area contributed by atoms with Gasteiger partial charge >= 0.3 is 18.2 Å². The molecular weight excluding hydrogens is 616 g/mol. The molecule has 2 heterocycles. The van der Waals surface area contributed by atoms with E-state index in [1.807, 2.05) is 29.2 Å². The number of halogens is 1. The molecule has 3 atom stereocenters. The quantitative estimate of drug-likeness (QED) is 0.191. The second kappa shape index (κ2) is 18.6. The van der Waals surface area contributed by atoms with Crippen molar-refractivity contribution in [1.82, 2.24) is 20.4 Å². The summed E-state index contributed by atoms with van der Waals surface area (Å²) in [6.07, 6.45) is 3.16. The van der Waals surface area contributed by atoms with Gasteiger partial charge in [0.25, 0.3) is 0 Å². The third kappa shape index (κ3) is 13.4. The molecule has 13 heteroatoms. The Morgan fingerprint density at radius 1 is 1.16 bits per heavy atom. The summed E-state index contributed by atoms with van der Waals surface area (Å²) in [5, 5.41) is 6.52. The first-order valence-electron chi connectivity index (χ1n) is 16.1. The Balaban J connectivity index is 1.66. The van der Waals surface area contributed by atoms with Crippen molar-refractivity contribution >= 4 is 37.9 Å². The van der Waals surface area contributed by atoms with Gasteiger partial charge in [0, 0.05) is 71.5 Å². The number of rotatable bonds is 14. The summed E-state index contributed by atoms with van der Waals surface area (Å²) in [7, 11) is 1.73. The monoisotopic (exact) mass is 668 g/mol. The molecule has 11 nitrogen and oxygen atoms in total. The second-order valence-electron chi connectivity index (χ2n) is 13.4.